The number of piperidine rings is 1. The van der Waals surface area contributed by atoms with Gasteiger partial charge in [-0.2, -0.15) is 0 Å². The summed E-state index contributed by atoms with van der Waals surface area (Å²) in [6.45, 7) is 2.28. The Morgan fingerprint density at radius 2 is 2.50 bits per heavy atom. The van der Waals surface area contributed by atoms with E-state index in [1.807, 2.05) is 6.07 Å². The number of carboxylic acid groups (broad SMARTS) is 1. The lowest BCUT2D eigenvalue weighted by Gasteiger charge is -2.34. The van der Waals surface area contributed by atoms with E-state index in [0.717, 1.165) is 31.6 Å². The molecule has 1 aromatic heterocycles. The van der Waals surface area contributed by atoms with E-state index in [-0.39, 0.29) is 0 Å². The molecule has 0 bridgehead atoms. The topological polar surface area (TPSA) is 91.5 Å². The molecule has 0 spiro atoms. The van der Waals surface area contributed by atoms with Crippen LogP contribution in [0.5, 0.6) is 0 Å². The molecule has 1 aliphatic rings. The molecule has 1 atom stereocenters. The van der Waals surface area contributed by atoms with Gasteiger partial charge in [0.25, 0.3) is 0 Å². The molecule has 1 unspecified atom stereocenters. The number of nitrogens with two attached hydrogens (primary N) is 1. The zero-order valence-electron chi connectivity index (χ0n) is 10.2. The lowest BCUT2D eigenvalue weighted by atomic mass is 9.97. The maximum Gasteiger partial charge on any atom is 0.404 e. The largest absolute Gasteiger partial charge is 0.465 e. The van der Waals surface area contributed by atoms with E-state index in [1.165, 1.54) is 0 Å². The predicted molar refractivity (Wildman–Crippen MR) is 69.6 cm³/mol. The maximum absolute atomic E-state index is 10.5. The lowest BCUT2D eigenvalue weighted by molar-refractivity contribution is 0.191. The fourth-order valence-electron chi connectivity index (χ4n) is 2.37. The van der Waals surface area contributed by atoms with Crippen LogP contribution in [0.1, 0.15) is 12.8 Å². The van der Waals surface area contributed by atoms with Crippen molar-refractivity contribution in [1.29, 1.82) is 0 Å². The number of nitrogens with zero attached hydrogens (tertiary/aromatic N) is 2. The molecule has 18 heavy (non-hydrogen) atoms. The van der Waals surface area contributed by atoms with Crippen LogP contribution in [0.15, 0.2) is 18.5 Å². The maximum atomic E-state index is 10.5. The summed E-state index contributed by atoms with van der Waals surface area (Å²) in [7, 11) is 0. The van der Waals surface area contributed by atoms with Crippen LogP contribution in [-0.2, 0) is 0 Å². The van der Waals surface area contributed by atoms with Gasteiger partial charge in [-0.25, -0.2) is 4.79 Å². The Balaban J connectivity index is 1.98. The third kappa shape index (κ3) is 3.03. The van der Waals surface area contributed by atoms with Crippen LogP contribution in [0.2, 0.25) is 0 Å². The Hall–Kier alpha value is -1.98. The molecule has 1 saturated heterocycles. The van der Waals surface area contributed by atoms with Gasteiger partial charge in [-0.1, -0.05) is 0 Å². The standard InChI is InChI=1S/C12H18N4O2/c13-10-7-14-4-3-11(10)16-5-1-2-9(8-16)6-15-12(17)18/h3-4,7,9,15H,1-2,5-6,8,13H2,(H,17,18). The second-order valence-corrected chi connectivity index (χ2v) is 4.57. The van der Waals surface area contributed by atoms with Gasteiger partial charge in [0.2, 0.25) is 0 Å². The summed E-state index contributed by atoms with van der Waals surface area (Å²) in [5, 5.41) is 11.1. The van der Waals surface area contributed by atoms with E-state index in [4.69, 9.17) is 10.8 Å². The quantitative estimate of drug-likeness (QED) is 0.748. The molecular weight excluding hydrogens is 232 g/mol. The van der Waals surface area contributed by atoms with Gasteiger partial charge in [0, 0.05) is 25.8 Å². The molecule has 98 valence electrons. The number of nitrogens with one attached hydrogen (secondary N) is 1. The highest BCUT2D eigenvalue weighted by Crippen LogP contribution is 2.26. The zero-order valence-corrected chi connectivity index (χ0v) is 10.2. The number of rotatable bonds is 3. The summed E-state index contributed by atoms with van der Waals surface area (Å²) in [5.74, 6) is 0.336. The minimum absolute atomic E-state index is 0.336. The molecule has 1 amide bonds. The van der Waals surface area contributed by atoms with Crippen molar-refractivity contribution in [2.75, 3.05) is 30.3 Å². The van der Waals surface area contributed by atoms with E-state index >= 15 is 0 Å². The number of pyridine rings is 1. The minimum atomic E-state index is -0.962. The Kier molecular flexibility index (Phi) is 3.86. The van der Waals surface area contributed by atoms with Crippen LogP contribution in [0.25, 0.3) is 0 Å². The number of aromatic nitrogens is 1. The van der Waals surface area contributed by atoms with Gasteiger partial charge in [0.05, 0.1) is 17.6 Å². The first-order chi connectivity index (χ1) is 8.66. The first-order valence-corrected chi connectivity index (χ1v) is 6.08. The van der Waals surface area contributed by atoms with Crippen LogP contribution in [0.3, 0.4) is 0 Å². The summed E-state index contributed by atoms with van der Waals surface area (Å²) >= 11 is 0. The Morgan fingerprint density at radius 3 is 3.22 bits per heavy atom. The van der Waals surface area contributed by atoms with Gasteiger partial charge in [0.15, 0.2) is 0 Å². The number of hydrogen-bond donors (Lipinski definition) is 3. The summed E-state index contributed by atoms with van der Waals surface area (Å²) < 4.78 is 0. The van der Waals surface area contributed by atoms with Crippen LogP contribution in [0, 0.1) is 5.92 Å². The number of hydrogen-bond acceptors (Lipinski definition) is 4. The van der Waals surface area contributed by atoms with Gasteiger partial charge in [-0.05, 0) is 24.8 Å². The highest BCUT2D eigenvalue weighted by Gasteiger charge is 2.21. The van der Waals surface area contributed by atoms with Crippen LogP contribution in [-0.4, -0.2) is 35.8 Å². The lowest BCUT2D eigenvalue weighted by Crippen LogP contribution is -2.41. The molecule has 0 saturated carbocycles. The molecule has 2 heterocycles. The average Bonchev–Trinajstić information content (AvgIpc) is 2.37. The summed E-state index contributed by atoms with van der Waals surface area (Å²) in [6, 6.07) is 1.91. The van der Waals surface area contributed by atoms with E-state index in [2.05, 4.69) is 15.2 Å². The highest BCUT2D eigenvalue weighted by molar-refractivity contribution is 5.66. The van der Waals surface area contributed by atoms with Gasteiger partial charge in [-0.15, -0.1) is 0 Å². The SMILES string of the molecule is Nc1cnccc1N1CCCC(CNC(=O)O)C1. The fraction of sp³-hybridized carbons (Fsp3) is 0.500. The Labute approximate surface area is 106 Å². The van der Waals surface area contributed by atoms with Crippen molar-refractivity contribution in [2.24, 2.45) is 5.92 Å². The number of carbonyl (C=O) groups is 1. The fourth-order valence-corrected chi connectivity index (χ4v) is 2.37. The highest BCUT2D eigenvalue weighted by atomic mass is 16.4. The first-order valence-electron chi connectivity index (χ1n) is 6.08. The van der Waals surface area contributed by atoms with Crippen molar-refractivity contribution in [1.82, 2.24) is 10.3 Å². The summed E-state index contributed by atoms with van der Waals surface area (Å²) in [5.41, 5.74) is 7.57. The van der Waals surface area contributed by atoms with Gasteiger partial charge >= 0.3 is 6.09 Å². The zero-order chi connectivity index (χ0) is 13.0. The molecular formula is C12H18N4O2. The molecule has 4 N–H and O–H groups in total. The van der Waals surface area contributed by atoms with Crippen molar-refractivity contribution >= 4 is 17.5 Å². The van der Waals surface area contributed by atoms with E-state index in [0.29, 0.717) is 18.2 Å². The van der Waals surface area contributed by atoms with Crippen molar-refractivity contribution in [3.05, 3.63) is 18.5 Å². The molecule has 6 nitrogen and oxygen atoms in total. The van der Waals surface area contributed by atoms with Gasteiger partial charge in [-0.3, -0.25) is 4.98 Å². The minimum Gasteiger partial charge on any atom is -0.465 e. The smallest absolute Gasteiger partial charge is 0.404 e. The molecule has 1 fully saturated rings. The molecule has 1 aromatic rings. The van der Waals surface area contributed by atoms with Crippen molar-refractivity contribution < 1.29 is 9.90 Å². The second kappa shape index (κ2) is 5.57. The van der Waals surface area contributed by atoms with Crippen molar-refractivity contribution in [3.8, 4) is 0 Å². The first kappa shape index (κ1) is 12.5. The summed E-state index contributed by atoms with van der Waals surface area (Å²) in [6.07, 6.45) is 4.50. The summed E-state index contributed by atoms with van der Waals surface area (Å²) in [4.78, 5) is 16.7. The van der Waals surface area contributed by atoms with Crippen LogP contribution < -0.4 is 16.0 Å². The molecule has 6 heteroatoms. The third-order valence-corrected chi connectivity index (χ3v) is 3.23. The molecule has 0 aliphatic carbocycles. The third-order valence-electron chi connectivity index (χ3n) is 3.23. The number of anilines is 2. The molecule has 2 rings (SSSR count). The average molecular weight is 250 g/mol. The van der Waals surface area contributed by atoms with E-state index in [1.54, 1.807) is 12.4 Å². The van der Waals surface area contributed by atoms with Gasteiger partial charge in [0.1, 0.15) is 0 Å². The normalized spacial score (nSPS) is 19.6. The number of nitrogen functional groups attached to an aromatic ring is 1. The molecule has 1 aliphatic heterocycles. The van der Waals surface area contributed by atoms with Crippen LogP contribution >= 0.6 is 0 Å². The van der Waals surface area contributed by atoms with Crippen LogP contribution in [0.4, 0.5) is 16.2 Å². The Morgan fingerprint density at radius 1 is 1.67 bits per heavy atom. The molecule has 0 aromatic carbocycles. The second-order valence-electron chi connectivity index (χ2n) is 4.57. The molecule has 0 radical (unpaired) electrons. The van der Waals surface area contributed by atoms with Crippen molar-refractivity contribution in [3.63, 3.8) is 0 Å². The van der Waals surface area contributed by atoms with E-state index < -0.39 is 6.09 Å². The predicted octanol–water partition coefficient (Wildman–Crippen LogP) is 1.15. The number of amides is 1. The van der Waals surface area contributed by atoms with Crippen molar-refractivity contribution in [2.45, 2.75) is 12.8 Å². The van der Waals surface area contributed by atoms with E-state index in [9.17, 15) is 4.79 Å². The van der Waals surface area contributed by atoms with Gasteiger partial charge < -0.3 is 21.1 Å². The Bertz CT molecular complexity index is 424. The monoisotopic (exact) mass is 250 g/mol.